The van der Waals surface area contributed by atoms with E-state index in [9.17, 15) is 31.5 Å². The molecule has 1 saturated heterocycles. The van der Waals surface area contributed by atoms with Gasteiger partial charge in [0.05, 0.1) is 11.6 Å². The van der Waals surface area contributed by atoms with Crippen LogP contribution in [0.3, 0.4) is 0 Å². The molecule has 1 fully saturated rings. The van der Waals surface area contributed by atoms with E-state index in [1.54, 1.807) is 13.8 Å². The first kappa shape index (κ1) is 21.7. The number of aromatic nitrogens is 2. The smallest absolute Gasteiger partial charge is 0.362 e. The minimum absolute atomic E-state index is 0.00145. The highest BCUT2D eigenvalue weighted by atomic mass is 32.2. The summed E-state index contributed by atoms with van der Waals surface area (Å²) < 4.78 is 68.3. The van der Waals surface area contributed by atoms with Crippen molar-refractivity contribution < 1.29 is 31.5 Å². The van der Waals surface area contributed by atoms with Crippen molar-refractivity contribution in [3.05, 3.63) is 11.9 Å². The van der Waals surface area contributed by atoms with E-state index >= 15 is 0 Å². The number of carbonyl (C=O) groups excluding carboxylic acids is 1. The molecule has 13 heteroatoms. The Morgan fingerprint density at radius 1 is 1.41 bits per heavy atom. The zero-order chi connectivity index (χ0) is 21.6. The zero-order valence-corrected chi connectivity index (χ0v) is 16.7. The molecule has 0 saturated carbocycles. The average Bonchev–Trinajstić information content (AvgIpc) is 3.24. The van der Waals surface area contributed by atoms with Crippen LogP contribution in [0.25, 0.3) is 0 Å². The highest BCUT2D eigenvalue weighted by Gasteiger charge is 2.62. The summed E-state index contributed by atoms with van der Waals surface area (Å²) in [5.74, 6) is -2.11. The molecule has 0 bridgehead atoms. The highest BCUT2D eigenvalue weighted by molar-refractivity contribution is 7.89. The normalized spacial score (nSPS) is 26.3. The Labute approximate surface area is 165 Å². The lowest BCUT2D eigenvalue weighted by atomic mass is 9.97. The van der Waals surface area contributed by atoms with Crippen molar-refractivity contribution in [1.82, 2.24) is 19.1 Å². The topological polar surface area (TPSA) is 108 Å². The number of halogens is 3. The molecule has 29 heavy (non-hydrogen) atoms. The lowest BCUT2D eigenvalue weighted by Crippen LogP contribution is -2.58. The third-order valence-corrected chi connectivity index (χ3v) is 7.13. The number of hydrogen-bond acceptors (Lipinski definition) is 6. The number of rotatable bonds is 4. The molecule has 9 nitrogen and oxygen atoms in total. The largest absolute Gasteiger partial charge is 0.438 e. The summed E-state index contributed by atoms with van der Waals surface area (Å²) in [6.07, 6.45) is -3.26. The van der Waals surface area contributed by atoms with E-state index in [1.165, 1.54) is 10.9 Å². The van der Waals surface area contributed by atoms with Crippen LogP contribution >= 0.6 is 0 Å². The van der Waals surface area contributed by atoms with Gasteiger partial charge in [-0.1, -0.05) is 0 Å². The maximum absolute atomic E-state index is 13.3. The molecule has 1 N–H and O–H groups in total. The molecule has 0 aromatic carbocycles. The van der Waals surface area contributed by atoms with Gasteiger partial charge in [-0.05, 0) is 26.7 Å². The number of hydrogen-bond donors (Lipinski definition) is 1. The first-order valence-corrected chi connectivity index (χ1v) is 10.6. The Kier molecular flexibility index (Phi) is 5.51. The lowest BCUT2D eigenvalue weighted by Gasteiger charge is -2.37. The van der Waals surface area contributed by atoms with Crippen molar-refractivity contribution >= 4 is 22.1 Å². The third-order valence-electron chi connectivity index (χ3n) is 5.16. The summed E-state index contributed by atoms with van der Waals surface area (Å²) in [5.41, 5.74) is -3.11. The molecule has 2 aliphatic heterocycles. The number of sulfonamides is 1. The SMILES string of the molecule is CCn1cc(S(=O)(=O)N2CCC[C@H](C(=O)N3N=CC[C@]3(O)C(F)(F)F)C2)c(C)n1. The van der Waals surface area contributed by atoms with Crippen molar-refractivity contribution in [2.24, 2.45) is 11.0 Å². The summed E-state index contributed by atoms with van der Waals surface area (Å²) in [6.45, 7) is 3.67. The molecule has 1 aromatic heterocycles. The van der Waals surface area contributed by atoms with Gasteiger partial charge in [0.25, 0.3) is 5.72 Å². The quantitative estimate of drug-likeness (QED) is 0.759. The van der Waals surface area contributed by atoms with Gasteiger partial charge in [-0.3, -0.25) is 9.48 Å². The molecular weight excluding hydrogens is 415 g/mol. The molecule has 1 amide bonds. The summed E-state index contributed by atoms with van der Waals surface area (Å²) in [4.78, 5) is 12.7. The van der Waals surface area contributed by atoms with Crippen LogP contribution in [0.5, 0.6) is 0 Å². The van der Waals surface area contributed by atoms with Crippen molar-refractivity contribution in [3.8, 4) is 0 Å². The number of hydrazone groups is 1. The first-order chi connectivity index (χ1) is 13.4. The van der Waals surface area contributed by atoms with E-state index in [1.807, 2.05) is 0 Å². The summed E-state index contributed by atoms with van der Waals surface area (Å²) in [7, 11) is -3.97. The van der Waals surface area contributed by atoms with Gasteiger partial charge in [0.15, 0.2) is 0 Å². The molecule has 2 atom stereocenters. The van der Waals surface area contributed by atoms with Crippen LogP contribution in [0.15, 0.2) is 16.2 Å². The molecule has 2 aliphatic rings. The Hall–Kier alpha value is -1.99. The number of aliphatic hydroxyl groups is 1. The molecule has 3 heterocycles. The summed E-state index contributed by atoms with van der Waals surface area (Å²) in [6, 6.07) is 0. The minimum Gasteiger partial charge on any atom is -0.362 e. The van der Waals surface area contributed by atoms with Gasteiger partial charge in [-0.15, -0.1) is 0 Å². The Bertz CT molecular complexity index is 929. The fourth-order valence-corrected chi connectivity index (χ4v) is 5.19. The third kappa shape index (κ3) is 3.66. The van der Waals surface area contributed by atoms with Crippen LogP contribution in [0.1, 0.15) is 31.9 Å². The van der Waals surface area contributed by atoms with E-state index in [2.05, 4.69) is 10.2 Å². The highest BCUT2D eigenvalue weighted by Crippen LogP contribution is 2.40. The van der Waals surface area contributed by atoms with Gasteiger partial charge in [0.1, 0.15) is 4.90 Å². The van der Waals surface area contributed by atoms with Crippen LogP contribution in [-0.4, -0.2) is 69.7 Å². The molecule has 3 rings (SSSR count). The number of carbonyl (C=O) groups is 1. The molecule has 0 radical (unpaired) electrons. The van der Waals surface area contributed by atoms with E-state index < -0.39 is 40.2 Å². The van der Waals surface area contributed by atoms with Crippen molar-refractivity contribution in [2.45, 2.75) is 56.5 Å². The summed E-state index contributed by atoms with van der Waals surface area (Å²) >= 11 is 0. The van der Waals surface area contributed by atoms with Crippen LogP contribution < -0.4 is 0 Å². The minimum atomic E-state index is -5.09. The standard InChI is InChI=1S/C16H22F3N5O4S/c1-3-22-10-13(11(2)21-22)29(27,28)23-8-4-5-12(9-23)14(25)24-15(26,6-7-20-24)16(17,18)19/h7,10,12,26H,3-6,8-9H2,1-2H3/t12-,15-/m0/s1. The fraction of sp³-hybridized carbons (Fsp3) is 0.688. The van der Waals surface area contributed by atoms with Crippen molar-refractivity contribution in [2.75, 3.05) is 13.1 Å². The molecular formula is C16H22F3N5O4S. The first-order valence-electron chi connectivity index (χ1n) is 9.11. The van der Waals surface area contributed by atoms with Gasteiger partial charge < -0.3 is 5.11 Å². The number of piperidine rings is 1. The van der Waals surface area contributed by atoms with Crippen LogP contribution in [-0.2, 0) is 21.4 Å². The fourth-order valence-electron chi connectivity index (χ4n) is 3.50. The predicted octanol–water partition coefficient (Wildman–Crippen LogP) is 1.08. The van der Waals surface area contributed by atoms with Crippen LogP contribution in [0.4, 0.5) is 13.2 Å². The number of amides is 1. The molecule has 0 aliphatic carbocycles. The number of alkyl halides is 3. The van der Waals surface area contributed by atoms with Crippen molar-refractivity contribution in [3.63, 3.8) is 0 Å². The van der Waals surface area contributed by atoms with Gasteiger partial charge in [-0.2, -0.15) is 32.7 Å². The van der Waals surface area contributed by atoms with E-state index in [-0.39, 0.29) is 29.4 Å². The second kappa shape index (κ2) is 7.36. The van der Waals surface area contributed by atoms with Gasteiger partial charge in [0, 0.05) is 38.5 Å². The van der Waals surface area contributed by atoms with E-state index in [0.29, 0.717) is 18.7 Å². The molecule has 0 spiro atoms. The van der Waals surface area contributed by atoms with Crippen molar-refractivity contribution in [1.29, 1.82) is 0 Å². The Morgan fingerprint density at radius 2 is 2.10 bits per heavy atom. The monoisotopic (exact) mass is 437 g/mol. The van der Waals surface area contributed by atoms with Gasteiger partial charge in [0.2, 0.25) is 15.9 Å². The Morgan fingerprint density at radius 3 is 2.69 bits per heavy atom. The van der Waals surface area contributed by atoms with E-state index in [4.69, 9.17) is 0 Å². The van der Waals surface area contributed by atoms with Gasteiger partial charge in [-0.25, -0.2) is 8.42 Å². The maximum atomic E-state index is 13.3. The molecule has 162 valence electrons. The maximum Gasteiger partial charge on any atom is 0.438 e. The lowest BCUT2D eigenvalue weighted by molar-refractivity contribution is -0.303. The molecule has 0 unspecified atom stereocenters. The van der Waals surface area contributed by atoms with Crippen LogP contribution in [0, 0.1) is 12.8 Å². The zero-order valence-electron chi connectivity index (χ0n) is 15.9. The van der Waals surface area contributed by atoms with Crippen LogP contribution in [0.2, 0.25) is 0 Å². The van der Waals surface area contributed by atoms with Gasteiger partial charge >= 0.3 is 6.18 Å². The number of aryl methyl sites for hydroxylation is 2. The Balaban J connectivity index is 1.83. The second-order valence-corrected chi connectivity index (χ2v) is 9.01. The second-order valence-electron chi connectivity index (χ2n) is 7.10. The molecule has 1 aromatic rings. The summed E-state index contributed by atoms with van der Waals surface area (Å²) in [5, 5.41) is 17.5. The number of nitrogens with zero attached hydrogens (tertiary/aromatic N) is 5. The van der Waals surface area contributed by atoms with E-state index in [0.717, 1.165) is 10.5 Å². The average molecular weight is 437 g/mol. The predicted molar refractivity (Wildman–Crippen MR) is 95.1 cm³/mol.